The maximum atomic E-state index is 11.5. The van der Waals surface area contributed by atoms with Crippen LogP contribution >= 0.6 is 11.6 Å². The summed E-state index contributed by atoms with van der Waals surface area (Å²) in [4.78, 5) is 24.7. The Morgan fingerprint density at radius 1 is 1.50 bits per heavy atom. The van der Waals surface area contributed by atoms with Crippen molar-refractivity contribution in [3.8, 4) is 0 Å². The first-order chi connectivity index (χ1) is 8.66. The zero-order valence-electron chi connectivity index (χ0n) is 9.95. The Labute approximate surface area is 109 Å². The van der Waals surface area contributed by atoms with E-state index in [9.17, 15) is 9.59 Å². The van der Waals surface area contributed by atoms with Crippen LogP contribution < -0.4 is 16.6 Å². The van der Waals surface area contributed by atoms with E-state index in [0.29, 0.717) is 19.2 Å². The van der Waals surface area contributed by atoms with Gasteiger partial charge in [0.1, 0.15) is 5.15 Å². The van der Waals surface area contributed by atoms with Crippen molar-refractivity contribution in [1.82, 2.24) is 14.9 Å². The highest BCUT2D eigenvalue weighted by atomic mass is 35.5. The molecular formula is C11H16ClN3O3. The second-order valence-electron chi connectivity index (χ2n) is 4.28. The number of hydrogen-bond donors (Lipinski definition) is 2. The van der Waals surface area contributed by atoms with Gasteiger partial charge in [-0.1, -0.05) is 11.6 Å². The summed E-state index contributed by atoms with van der Waals surface area (Å²) in [6.45, 7) is 2.81. The van der Waals surface area contributed by atoms with Crippen molar-refractivity contribution in [1.29, 1.82) is 0 Å². The lowest BCUT2D eigenvalue weighted by Crippen LogP contribution is -2.41. The van der Waals surface area contributed by atoms with Crippen LogP contribution in [0.25, 0.3) is 0 Å². The third-order valence-electron chi connectivity index (χ3n) is 2.92. The zero-order valence-corrected chi connectivity index (χ0v) is 10.7. The highest BCUT2D eigenvalue weighted by molar-refractivity contribution is 6.29. The van der Waals surface area contributed by atoms with E-state index in [1.807, 2.05) is 0 Å². The van der Waals surface area contributed by atoms with E-state index in [1.165, 1.54) is 10.6 Å². The van der Waals surface area contributed by atoms with E-state index >= 15 is 0 Å². The molecule has 0 saturated carbocycles. The van der Waals surface area contributed by atoms with Crippen LogP contribution in [-0.4, -0.2) is 35.4 Å². The Bertz CT molecular complexity index is 505. The fraction of sp³-hybridized carbons (Fsp3) is 0.636. The van der Waals surface area contributed by atoms with E-state index in [2.05, 4.69) is 10.3 Å². The van der Waals surface area contributed by atoms with Gasteiger partial charge in [0.15, 0.2) is 0 Å². The summed E-state index contributed by atoms with van der Waals surface area (Å²) in [6.07, 6.45) is 1.70. The van der Waals surface area contributed by atoms with E-state index in [4.69, 9.17) is 16.3 Å². The minimum absolute atomic E-state index is 0.177. The number of H-pyrrole nitrogens is 1. The van der Waals surface area contributed by atoms with Gasteiger partial charge in [-0.05, 0) is 12.8 Å². The molecule has 2 rings (SSSR count). The van der Waals surface area contributed by atoms with Crippen molar-refractivity contribution in [2.45, 2.75) is 25.4 Å². The lowest BCUT2D eigenvalue weighted by Gasteiger charge is -2.23. The summed E-state index contributed by atoms with van der Waals surface area (Å²) >= 11 is 5.86. The standard InChI is InChI=1S/C11H16ClN3O3/c12-9-6-10(16)14-11(17)15(9)4-1-2-8-7-18-5-3-13-8/h6,8,13H,1-5,7H2,(H,14,16,17). The van der Waals surface area contributed by atoms with Crippen molar-refractivity contribution < 1.29 is 4.74 Å². The van der Waals surface area contributed by atoms with Crippen LogP contribution in [0.15, 0.2) is 15.7 Å². The van der Waals surface area contributed by atoms with E-state index in [0.717, 1.165) is 26.0 Å². The lowest BCUT2D eigenvalue weighted by atomic mass is 10.1. The molecule has 1 aliphatic rings. The van der Waals surface area contributed by atoms with Gasteiger partial charge in [0, 0.05) is 25.2 Å². The van der Waals surface area contributed by atoms with Crippen LogP contribution in [0.4, 0.5) is 0 Å². The molecule has 1 saturated heterocycles. The van der Waals surface area contributed by atoms with Crippen LogP contribution in [0.1, 0.15) is 12.8 Å². The second kappa shape index (κ2) is 6.17. The average molecular weight is 274 g/mol. The van der Waals surface area contributed by atoms with Gasteiger partial charge in [-0.25, -0.2) is 4.79 Å². The molecule has 7 heteroatoms. The Hall–Kier alpha value is -1.11. The summed E-state index contributed by atoms with van der Waals surface area (Å²) in [6, 6.07) is 1.54. The number of aromatic amines is 1. The molecule has 100 valence electrons. The molecule has 0 bridgehead atoms. The Kier molecular flexibility index (Phi) is 4.57. The first kappa shape index (κ1) is 13.3. The number of aromatic nitrogens is 2. The predicted octanol–water partition coefficient (Wildman–Crippen LogP) is -0.0414. The second-order valence-corrected chi connectivity index (χ2v) is 4.67. The maximum absolute atomic E-state index is 11.5. The zero-order chi connectivity index (χ0) is 13.0. The molecule has 1 unspecified atom stereocenters. The maximum Gasteiger partial charge on any atom is 0.329 e. The van der Waals surface area contributed by atoms with Gasteiger partial charge in [0.25, 0.3) is 5.56 Å². The third kappa shape index (κ3) is 3.44. The molecule has 1 aromatic heterocycles. The molecule has 0 spiro atoms. The molecule has 18 heavy (non-hydrogen) atoms. The minimum Gasteiger partial charge on any atom is -0.379 e. The van der Waals surface area contributed by atoms with Gasteiger partial charge in [0.05, 0.1) is 13.2 Å². The van der Waals surface area contributed by atoms with Gasteiger partial charge >= 0.3 is 5.69 Å². The van der Waals surface area contributed by atoms with Crippen molar-refractivity contribution >= 4 is 11.6 Å². The van der Waals surface area contributed by atoms with E-state index < -0.39 is 11.2 Å². The molecule has 1 fully saturated rings. The lowest BCUT2D eigenvalue weighted by molar-refractivity contribution is 0.0732. The van der Waals surface area contributed by atoms with Crippen molar-refractivity contribution in [2.24, 2.45) is 0 Å². The third-order valence-corrected chi connectivity index (χ3v) is 3.23. The Morgan fingerprint density at radius 3 is 3.00 bits per heavy atom. The smallest absolute Gasteiger partial charge is 0.329 e. The van der Waals surface area contributed by atoms with Gasteiger partial charge in [0.2, 0.25) is 0 Å². The molecule has 0 amide bonds. The summed E-state index contributed by atoms with van der Waals surface area (Å²) in [7, 11) is 0. The normalized spacial score (nSPS) is 19.9. The fourth-order valence-corrected chi connectivity index (χ4v) is 2.26. The Morgan fingerprint density at radius 2 is 2.33 bits per heavy atom. The average Bonchev–Trinajstić information content (AvgIpc) is 2.34. The molecule has 1 atom stereocenters. The molecule has 0 aliphatic carbocycles. The number of halogens is 1. The molecule has 0 radical (unpaired) electrons. The molecule has 2 heterocycles. The van der Waals surface area contributed by atoms with Gasteiger partial charge in [-0.15, -0.1) is 0 Å². The number of hydrogen-bond acceptors (Lipinski definition) is 4. The summed E-state index contributed by atoms with van der Waals surface area (Å²) in [5, 5.41) is 3.52. The van der Waals surface area contributed by atoms with Gasteiger partial charge < -0.3 is 10.1 Å². The van der Waals surface area contributed by atoms with Gasteiger partial charge in [-0.3, -0.25) is 14.3 Å². The van der Waals surface area contributed by atoms with Crippen LogP contribution in [-0.2, 0) is 11.3 Å². The van der Waals surface area contributed by atoms with Crippen molar-refractivity contribution in [3.63, 3.8) is 0 Å². The minimum atomic E-state index is -0.469. The van der Waals surface area contributed by atoms with Crippen LogP contribution in [0, 0.1) is 0 Å². The summed E-state index contributed by atoms with van der Waals surface area (Å²) in [5.74, 6) is 0. The highest BCUT2D eigenvalue weighted by Gasteiger charge is 2.12. The largest absolute Gasteiger partial charge is 0.379 e. The van der Waals surface area contributed by atoms with Crippen molar-refractivity contribution in [2.75, 3.05) is 19.8 Å². The van der Waals surface area contributed by atoms with Crippen molar-refractivity contribution in [3.05, 3.63) is 32.1 Å². The highest BCUT2D eigenvalue weighted by Crippen LogP contribution is 2.06. The first-order valence-corrected chi connectivity index (χ1v) is 6.35. The van der Waals surface area contributed by atoms with E-state index in [-0.39, 0.29) is 5.15 Å². The number of rotatable bonds is 4. The molecular weight excluding hydrogens is 258 g/mol. The van der Waals surface area contributed by atoms with Gasteiger partial charge in [-0.2, -0.15) is 0 Å². The number of nitrogens with one attached hydrogen (secondary N) is 2. The monoisotopic (exact) mass is 273 g/mol. The molecule has 2 N–H and O–H groups in total. The van der Waals surface area contributed by atoms with Crippen LogP contribution in [0.3, 0.4) is 0 Å². The predicted molar refractivity (Wildman–Crippen MR) is 68.2 cm³/mol. The van der Waals surface area contributed by atoms with E-state index in [1.54, 1.807) is 0 Å². The Balaban J connectivity index is 1.90. The molecule has 1 aromatic rings. The fourth-order valence-electron chi connectivity index (χ4n) is 2.00. The summed E-state index contributed by atoms with van der Waals surface area (Å²) in [5.41, 5.74) is -0.927. The quantitative estimate of drug-likeness (QED) is 0.755. The number of nitrogens with zero attached hydrogens (tertiary/aromatic N) is 1. The number of morpholine rings is 1. The topological polar surface area (TPSA) is 76.1 Å². The van der Waals surface area contributed by atoms with Crippen LogP contribution in [0.5, 0.6) is 0 Å². The van der Waals surface area contributed by atoms with Crippen LogP contribution in [0.2, 0.25) is 5.15 Å². The molecule has 6 nitrogen and oxygen atoms in total. The number of ether oxygens (including phenoxy) is 1. The SMILES string of the molecule is O=c1cc(Cl)n(CCCC2COCCN2)c(=O)[nH]1. The molecule has 1 aliphatic heterocycles. The summed E-state index contributed by atoms with van der Waals surface area (Å²) < 4.78 is 6.71. The first-order valence-electron chi connectivity index (χ1n) is 5.97. The molecule has 0 aromatic carbocycles.